The predicted molar refractivity (Wildman–Crippen MR) is 160 cm³/mol. The first kappa shape index (κ1) is 27.6. The SMILES string of the molecule is CCCC[N+]1=C(C=C2C(=O)C(c3cc(C)c4cc(C(C)C)ccc(C)c3-4)=C2O)C(C)(C)c2cc(C(=O)O)ccc21. The molecule has 0 fully saturated rings. The van der Waals surface area contributed by atoms with Crippen molar-refractivity contribution in [3.8, 4) is 11.1 Å². The summed E-state index contributed by atoms with van der Waals surface area (Å²) in [5.41, 5.74) is 9.39. The number of carboxylic acids is 1. The van der Waals surface area contributed by atoms with E-state index in [0.717, 1.165) is 64.2 Å². The standard InChI is InChI=1S/C35H37NO4/c1-8-9-14-36-28-13-12-23(34(39)40)17-27(28)35(6,7)29(36)18-26-32(37)31(33(26)38)25-15-21(5)24-16-22(19(2)3)11-10-20(4)30(24)25/h10-13,15-19H,8-9,14H2,1-7H3,(H-,37,38,39,40)/p+1. The lowest BCUT2D eigenvalue weighted by Crippen LogP contribution is -2.31. The van der Waals surface area contributed by atoms with E-state index in [9.17, 15) is 19.8 Å². The van der Waals surface area contributed by atoms with Gasteiger partial charge in [-0.3, -0.25) is 4.79 Å². The lowest BCUT2D eigenvalue weighted by Gasteiger charge is -2.23. The number of allylic oxidation sites excluding steroid dienone is 3. The van der Waals surface area contributed by atoms with Crippen molar-refractivity contribution in [3.05, 3.63) is 93.3 Å². The molecule has 0 saturated heterocycles. The normalized spacial score (nSPS) is 17.3. The molecule has 0 spiro atoms. The van der Waals surface area contributed by atoms with Gasteiger partial charge in [-0.25, -0.2) is 4.79 Å². The summed E-state index contributed by atoms with van der Waals surface area (Å²) >= 11 is 0. The van der Waals surface area contributed by atoms with Crippen LogP contribution in [0.2, 0.25) is 0 Å². The van der Waals surface area contributed by atoms with Gasteiger partial charge in [0.05, 0.1) is 22.1 Å². The highest BCUT2D eigenvalue weighted by Crippen LogP contribution is 2.47. The Morgan fingerprint density at radius 2 is 1.75 bits per heavy atom. The van der Waals surface area contributed by atoms with Gasteiger partial charge in [-0.1, -0.05) is 45.4 Å². The maximum absolute atomic E-state index is 13.7. The van der Waals surface area contributed by atoms with Crippen molar-refractivity contribution >= 4 is 28.7 Å². The summed E-state index contributed by atoms with van der Waals surface area (Å²) < 4.78 is 2.18. The molecule has 5 heteroatoms. The largest absolute Gasteiger partial charge is 0.506 e. The number of aromatic carboxylic acids is 1. The number of unbranched alkanes of at least 4 members (excludes halogenated alkanes) is 1. The summed E-state index contributed by atoms with van der Waals surface area (Å²) in [7, 11) is 0. The van der Waals surface area contributed by atoms with E-state index in [0.29, 0.717) is 17.1 Å². The maximum atomic E-state index is 13.7. The summed E-state index contributed by atoms with van der Waals surface area (Å²) in [6.07, 6.45) is 3.76. The van der Waals surface area contributed by atoms with E-state index in [-0.39, 0.29) is 17.1 Å². The fraction of sp³-hybridized carbons (Fsp3) is 0.343. The van der Waals surface area contributed by atoms with Gasteiger partial charge in [-0.2, -0.15) is 4.58 Å². The number of fused-ring (bicyclic) bond motifs is 2. The molecule has 4 aliphatic rings. The first-order chi connectivity index (χ1) is 18.9. The fourth-order valence-electron chi connectivity index (χ4n) is 6.16. The highest BCUT2D eigenvalue weighted by Gasteiger charge is 2.47. The second-order valence-corrected chi connectivity index (χ2v) is 12.0. The number of hydrogen-bond donors (Lipinski definition) is 2. The number of ketones is 1. The number of aryl methyl sites for hydroxylation is 2. The second kappa shape index (κ2) is 9.88. The minimum absolute atomic E-state index is 0.0211. The number of carbonyl (C=O) groups excluding carboxylic acids is 1. The lowest BCUT2D eigenvalue weighted by molar-refractivity contribution is -0.438. The quantitative estimate of drug-likeness (QED) is 0.238. The molecule has 2 N–H and O–H groups in total. The molecule has 0 amide bonds. The molecule has 5 nitrogen and oxygen atoms in total. The number of rotatable bonds is 7. The number of carboxylic acid groups (broad SMARTS) is 1. The highest BCUT2D eigenvalue weighted by molar-refractivity contribution is 6.41. The first-order valence-electron chi connectivity index (χ1n) is 14.2. The lowest BCUT2D eigenvalue weighted by atomic mass is 9.77. The van der Waals surface area contributed by atoms with Crippen LogP contribution in [-0.2, 0) is 10.2 Å². The van der Waals surface area contributed by atoms with Crippen molar-refractivity contribution in [1.82, 2.24) is 0 Å². The number of benzene rings is 1. The summed E-state index contributed by atoms with van der Waals surface area (Å²) in [5, 5.41) is 21.0. The average Bonchev–Trinajstić information content (AvgIpc) is 3.23. The van der Waals surface area contributed by atoms with Gasteiger partial charge < -0.3 is 10.2 Å². The van der Waals surface area contributed by atoms with E-state index in [4.69, 9.17) is 0 Å². The van der Waals surface area contributed by atoms with E-state index < -0.39 is 11.4 Å². The molecular formula is C35H38NO4+. The van der Waals surface area contributed by atoms with E-state index in [1.165, 1.54) is 5.56 Å². The zero-order chi connectivity index (χ0) is 29.1. The highest BCUT2D eigenvalue weighted by atomic mass is 16.4. The molecule has 0 atom stereocenters. The van der Waals surface area contributed by atoms with Crippen LogP contribution in [0.15, 0.2) is 59.9 Å². The van der Waals surface area contributed by atoms with Crippen molar-refractivity contribution < 1.29 is 24.4 Å². The second-order valence-electron chi connectivity index (χ2n) is 12.0. The molecule has 206 valence electrons. The van der Waals surface area contributed by atoms with Gasteiger partial charge in [0.1, 0.15) is 12.3 Å². The van der Waals surface area contributed by atoms with Crippen molar-refractivity contribution in [2.24, 2.45) is 0 Å². The molecule has 0 radical (unpaired) electrons. The third-order valence-corrected chi connectivity index (χ3v) is 8.61. The smallest absolute Gasteiger partial charge is 0.335 e. The van der Waals surface area contributed by atoms with Gasteiger partial charge in [0, 0.05) is 24.1 Å². The van der Waals surface area contributed by atoms with E-state index in [1.807, 2.05) is 32.1 Å². The first-order valence-corrected chi connectivity index (χ1v) is 14.2. The van der Waals surface area contributed by atoms with Gasteiger partial charge in [0.25, 0.3) is 0 Å². The number of nitrogens with zero attached hydrogens (tertiary/aromatic N) is 1. The number of carbonyl (C=O) groups is 2. The molecule has 0 unspecified atom stereocenters. The van der Waals surface area contributed by atoms with Crippen LogP contribution in [0, 0.1) is 13.8 Å². The molecule has 0 aromatic heterocycles. The van der Waals surface area contributed by atoms with Gasteiger partial charge in [0.15, 0.2) is 5.71 Å². The molecule has 0 saturated carbocycles. The van der Waals surface area contributed by atoms with E-state index >= 15 is 0 Å². The third kappa shape index (κ3) is 4.19. The molecule has 1 aliphatic heterocycles. The number of aliphatic hydroxyl groups excluding tert-OH is 1. The third-order valence-electron chi connectivity index (χ3n) is 8.61. The number of Topliss-reactive ketones (excluding diaryl/α,β-unsaturated/α-hetero) is 1. The van der Waals surface area contributed by atoms with E-state index in [2.05, 4.69) is 57.4 Å². The van der Waals surface area contributed by atoms with Gasteiger partial charge in [-0.05, 0) is 85.2 Å². The Labute approximate surface area is 236 Å². The van der Waals surface area contributed by atoms with Gasteiger partial charge >= 0.3 is 5.97 Å². The van der Waals surface area contributed by atoms with Crippen LogP contribution in [0.3, 0.4) is 0 Å². The molecule has 1 heterocycles. The van der Waals surface area contributed by atoms with Crippen LogP contribution in [0.1, 0.15) is 91.6 Å². The molecular weight excluding hydrogens is 498 g/mol. The fourth-order valence-corrected chi connectivity index (χ4v) is 6.16. The molecule has 5 rings (SSSR count). The van der Waals surface area contributed by atoms with Crippen LogP contribution < -0.4 is 0 Å². The number of aliphatic hydroxyl groups is 1. The van der Waals surface area contributed by atoms with Crippen molar-refractivity contribution in [2.45, 2.75) is 72.6 Å². The molecule has 40 heavy (non-hydrogen) atoms. The average molecular weight is 537 g/mol. The van der Waals surface area contributed by atoms with Crippen molar-refractivity contribution in [1.29, 1.82) is 0 Å². The topological polar surface area (TPSA) is 77.6 Å². The zero-order valence-electron chi connectivity index (χ0n) is 24.5. The van der Waals surface area contributed by atoms with Crippen LogP contribution in [0.5, 0.6) is 0 Å². The molecule has 0 bridgehead atoms. The Kier molecular flexibility index (Phi) is 6.81. The Morgan fingerprint density at radius 1 is 1.02 bits per heavy atom. The monoisotopic (exact) mass is 536 g/mol. The van der Waals surface area contributed by atoms with Crippen LogP contribution in [0.4, 0.5) is 5.69 Å². The van der Waals surface area contributed by atoms with Crippen molar-refractivity contribution in [3.63, 3.8) is 0 Å². The number of hydrogen-bond acceptors (Lipinski definition) is 3. The Balaban J connectivity index is 1.63. The minimum atomic E-state index is -0.966. The zero-order valence-corrected chi connectivity index (χ0v) is 24.5. The summed E-state index contributed by atoms with van der Waals surface area (Å²) in [5.74, 6) is -0.738. The Hall–Kier alpha value is -3.99. The van der Waals surface area contributed by atoms with Crippen LogP contribution >= 0.6 is 0 Å². The summed E-state index contributed by atoms with van der Waals surface area (Å²) in [6, 6.07) is 13.7. The summed E-state index contributed by atoms with van der Waals surface area (Å²) in [6.45, 7) is 15.4. The van der Waals surface area contributed by atoms with Crippen LogP contribution in [-0.4, -0.2) is 38.8 Å². The Morgan fingerprint density at radius 3 is 2.38 bits per heavy atom. The molecule has 1 aromatic carbocycles. The molecule has 3 aliphatic carbocycles. The van der Waals surface area contributed by atoms with Crippen molar-refractivity contribution in [2.75, 3.05) is 6.54 Å². The predicted octanol–water partition coefficient (Wildman–Crippen LogP) is 7.88. The maximum Gasteiger partial charge on any atom is 0.335 e. The Bertz CT molecular complexity index is 1650. The van der Waals surface area contributed by atoms with Crippen LogP contribution in [0.25, 0.3) is 16.7 Å². The summed E-state index contributed by atoms with van der Waals surface area (Å²) in [4.78, 5) is 25.4. The van der Waals surface area contributed by atoms with E-state index in [1.54, 1.807) is 12.1 Å². The molecule has 1 aromatic rings. The minimum Gasteiger partial charge on any atom is -0.506 e. The van der Waals surface area contributed by atoms with Gasteiger partial charge in [-0.15, -0.1) is 0 Å². The van der Waals surface area contributed by atoms with Gasteiger partial charge in [0.2, 0.25) is 11.5 Å².